The Labute approximate surface area is 157 Å². The molecule has 3 rings (SSSR count). The molecule has 1 aliphatic heterocycles. The zero-order valence-electron chi connectivity index (χ0n) is 15.2. The highest BCUT2D eigenvalue weighted by atomic mass is 19.1. The fourth-order valence-electron chi connectivity index (χ4n) is 3.14. The minimum atomic E-state index is -0.293. The maximum absolute atomic E-state index is 13.5. The molecule has 2 aromatic carbocycles. The predicted molar refractivity (Wildman–Crippen MR) is 98.6 cm³/mol. The number of carbonyl (C=O) groups excluding carboxylic acids is 1. The van der Waals surface area contributed by atoms with Gasteiger partial charge in [-0.05, 0) is 35.9 Å². The van der Waals surface area contributed by atoms with Gasteiger partial charge in [-0.15, -0.1) is 0 Å². The molecule has 2 aromatic rings. The van der Waals surface area contributed by atoms with Crippen LogP contribution in [0.2, 0.25) is 0 Å². The largest absolute Gasteiger partial charge is 0.493 e. The molecule has 1 saturated heterocycles. The molecule has 0 saturated carbocycles. The first-order valence-electron chi connectivity index (χ1n) is 8.82. The van der Waals surface area contributed by atoms with Crippen LogP contribution in [0.15, 0.2) is 42.5 Å². The second kappa shape index (κ2) is 8.83. The Morgan fingerprint density at radius 3 is 2.89 bits per heavy atom. The summed E-state index contributed by atoms with van der Waals surface area (Å²) in [6.45, 7) is 1.61. The second-order valence-electron chi connectivity index (χ2n) is 6.25. The molecule has 0 aliphatic carbocycles. The van der Waals surface area contributed by atoms with Crippen molar-refractivity contribution in [3.8, 4) is 11.5 Å². The second-order valence-corrected chi connectivity index (χ2v) is 6.25. The molecule has 27 heavy (non-hydrogen) atoms. The molecule has 0 bridgehead atoms. The third kappa shape index (κ3) is 4.56. The number of aliphatic hydroxyl groups is 1. The van der Waals surface area contributed by atoms with Crippen LogP contribution in [0.4, 0.5) is 4.39 Å². The zero-order valence-corrected chi connectivity index (χ0v) is 15.2. The lowest BCUT2D eigenvalue weighted by Crippen LogP contribution is -2.48. The van der Waals surface area contributed by atoms with Gasteiger partial charge in [0, 0.05) is 25.2 Å². The lowest BCUT2D eigenvalue weighted by atomic mass is 10.0. The van der Waals surface area contributed by atoms with E-state index in [1.165, 1.54) is 19.2 Å². The van der Waals surface area contributed by atoms with Crippen LogP contribution >= 0.6 is 0 Å². The molecule has 1 fully saturated rings. The van der Waals surface area contributed by atoms with Gasteiger partial charge in [-0.3, -0.25) is 4.79 Å². The van der Waals surface area contributed by atoms with E-state index in [0.717, 1.165) is 5.56 Å². The Morgan fingerprint density at radius 2 is 2.15 bits per heavy atom. The summed E-state index contributed by atoms with van der Waals surface area (Å²) in [6, 6.07) is 11.3. The van der Waals surface area contributed by atoms with E-state index in [0.29, 0.717) is 36.7 Å². The Kier molecular flexibility index (Phi) is 6.26. The SMILES string of the molecule is COc1ccc(C(=O)N2CCNC(c3cccc(F)c3)C2)cc1OCCO. The molecule has 6 nitrogen and oxygen atoms in total. The van der Waals surface area contributed by atoms with Gasteiger partial charge in [0.25, 0.3) is 5.91 Å². The van der Waals surface area contributed by atoms with E-state index in [1.807, 2.05) is 6.07 Å². The van der Waals surface area contributed by atoms with Crippen LogP contribution in [0.5, 0.6) is 11.5 Å². The van der Waals surface area contributed by atoms with E-state index in [-0.39, 0.29) is 31.0 Å². The quantitative estimate of drug-likeness (QED) is 0.809. The molecule has 144 valence electrons. The van der Waals surface area contributed by atoms with Gasteiger partial charge in [0.1, 0.15) is 12.4 Å². The van der Waals surface area contributed by atoms with Gasteiger partial charge in [-0.25, -0.2) is 4.39 Å². The van der Waals surface area contributed by atoms with E-state index in [9.17, 15) is 9.18 Å². The van der Waals surface area contributed by atoms with Gasteiger partial charge in [-0.1, -0.05) is 12.1 Å². The summed E-state index contributed by atoms with van der Waals surface area (Å²) in [4.78, 5) is 14.7. The average molecular weight is 374 g/mol. The number of nitrogens with zero attached hydrogens (tertiary/aromatic N) is 1. The fraction of sp³-hybridized carbons (Fsp3) is 0.350. The number of amides is 1. The first-order valence-corrected chi connectivity index (χ1v) is 8.82. The summed E-state index contributed by atoms with van der Waals surface area (Å²) < 4.78 is 24.2. The standard InChI is InChI=1S/C20H23FN2O4/c1-26-18-6-5-15(12-19(18)27-10-9-24)20(25)23-8-7-22-17(13-23)14-3-2-4-16(21)11-14/h2-6,11-12,17,22,24H,7-10,13H2,1H3. The topological polar surface area (TPSA) is 71.0 Å². The molecule has 1 heterocycles. The highest BCUT2D eigenvalue weighted by Gasteiger charge is 2.26. The summed E-state index contributed by atoms with van der Waals surface area (Å²) in [6.07, 6.45) is 0. The predicted octanol–water partition coefficient (Wildman–Crippen LogP) is 1.99. The first-order chi connectivity index (χ1) is 13.1. The van der Waals surface area contributed by atoms with Crippen LogP contribution < -0.4 is 14.8 Å². The van der Waals surface area contributed by atoms with Crippen LogP contribution in [-0.2, 0) is 0 Å². The van der Waals surface area contributed by atoms with Gasteiger partial charge < -0.3 is 24.8 Å². The highest BCUT2D eigenvalue weighted by Crippen LogP contribution is 2.29. The lowest BCUT2D eigenvalue weighted by Gasteiger charge is -2.34. The van der Waals surface area contributed by atoms with Crippen LogP contribution in [0.3, 0.4) is 0 Å². The summed E-state index contributed by atoms with van der Waals surface area (Å²) >= 11 is 0. The van der Waals surface area contributed by atoms with Crippen molar-refractivity contribution in [2.75, 3.05) is 40.0 Å². The van der Waals surface area contributed by atoms with Gasteiger partial charge >= 0.3 is 0 Å². The number of nitrogens with one attached hydrogen (secondary N) is 1. The number of carbonyl (C=O) groups is 1. The van der Waals surface area contributed by atoms with Gasteiger partial charge in [-0.2, -0.15) is 0 Å². The molecule has 0 spiro atoms. The molecule has 0 aromatic heterocycles. The van der Waals surface area contributed by atoms with E-state index in [2.05, 4.69) is 5.32 Å². The van der Waals surface area contributed by atoms with E-state index < -0.39 is 0 Å². The van der Waals surface area contributed by atoms with Crippen LogP contribution in [0.25, 0.3) is 0 Å². The lowest BCUT2D eigenvalue weighted by molar-refractivity contribution is 0.0702. The summed E-state index contributed by atoms with van der Waals surface area (Å²) in [5, 5.41) is 12.3. The molecule has 2 N–H and O–H groups in total. The molecule has 1 amide bonds. The number of hydrogen-bond donors (Lipinski definition) is 2. The smallest absolute Gasteiger partial charge is 0.254 e. The van der Waals surface area contributed by atoms with Gasteiger partial charge in [0.2, 0.25) is 0 Å². The molecule has 1 atom stereocenters. The van der Waals surface area contributed by atoms with Crippen molar-refractivity contribution >= 4 is 5.91 Å². The fourth-order valence-corrected chi connectivity index (χ4v) is 3.14. The van der Waals surface area contributed by atoms with Crippen molar-refractivity contribution in [1.82, 2.24) is 10.2 Å². The van der Waals surface area contributed by atoms with E-state index >= 15 is 0 Å². The minimum absolute atomic E-state index is 0.114. The summed E-state index contributed by atoms with van der Waals surface area (Å²) in [5.41, 5.74) is 1.29. The molecular weight excluding hydrogens is 351 g/mol. The van der Waals surface area contributed by atoms with Gasteiger partial charge in [0.05, 0.1) is 19.8 Å². The number of piperazine rings is 1. The van der Waals surface area contributed by atoms with Crippen LogP contribution in [0.1, 0.15) is 22.0 Å². The number of ether oxygens (including phenoxy) is 2. The maximum atomic E-state index is 13.5. The number of rotatable bonds is 6. The Bertz CT molecular complexity index is 799. The maximum Gasteiger partial charge on any atom is 0.254 e. The number of halogens is 1. The molecular formula is C20H23FN2O4. The zero-order chi connectivity index (χ0) is 19.2. The summed E-state index contributed by atoms with van der Waals surface area (Å²) in [7, 11) is 1.52. The molecule has 0 radical (unpaired) electrons. The van der Waals surface area contributed by atoms with Crippen molar-refractivity contribution in [2.24, 2.45) is 0 Å². The Balaban J connectivity index is 1.76. The Hall–Kier alpha value is -2.64. The van der Waals surface area contributed by atoms with Crippen molar-refractivity contribution < 1.29 is 23.8 Å². The first kappa shape index (κ1) is 19.1. The normalized spacial score (nSPS) is 16.9. The third-order valence-corrected chi connectivity index (χ3v) is 4.47. The minimum Gasteiger partial charge on any atom is -0.493 e. The molecule has 1 aliphatic rings. The molecule has 7 heteroatoms. The molecule has 1 unspecified atom stereocenters. The third-order valence-electron chi connectivity index (χ3n) is 4.47. The number of methoxy groups -OCH3 is 1. The highest BCUT2D eigenvalue weighted by molar-refractivity contribution is 5.95. The Morgan fingerprint density at radius 1 is 1.30 bits per heavy atom. The van der Waals surface area contributed by atoms with Crippen LogP contribution in [0, 0.1) is 5.82 Å². The summed E-state index contributed by atoms with van der Waals surface area (Å²) in [5.74, 6) is 0.486. The van der Waals surface area contributed by atoms with Crippen molar-refractivity contribution in [3.05, 3.63) is 59.4 Å². The van der Waals surface area contributed by atoms with Crippen LogP contribution in [-0.4, -0.2) is 55.9 Å². The average Bonchev–Trinajstić information content (AvgIpc) is 2.71. The number of aliphatic hydroxyl groups excluding tert-OH is 1. The van der Waals surface area contributed by atoms with E-state index in [4.69, 9.17) is 14.6 Å². The number of hydrogen-bond acceptors (Lipinski definition) is 5. The van der Waals surface area contributed by atoms with Crippen molar-refractivity contribution in [1.29, 1.82) is 0 Å². The monoisotopic (exact) mass is 374 g/mol. The van der Waals surface area contributed by atoms with Crippen molar-refractivity contribution in [2.45, 2.75) is 6.04 Å². The number of benzene rings is 2. The van der Waals surface area contributed by atoms with Gasteiger partial charge in [0.15, 0.2) is 11.5 Å². The van der Waals surface area contributed by atoms with E-state index in [1.54, 1.807) is 29.2 Å². The van der Waals surface area contributed by atoms with Crippen molar-refractivity contribution in [3.63, 3.8) is 0 Å².